The van der Waals surface area contributed by atoms with Crippen LogP contribution in [0.15, 0.2) is 32.0 Å². The van der Waals surface area contributed by atoms with Crippen LogP contribution >= 0.6 is 11.8 Å². The highest BCUT2D eigenvalue weighted by Crippen LogP contribution is 2.42. The van der Waals surface area contributed by atoms with Crippen molar-refractivity contribution in [2.24, 2.45) is 4.40 Å². The summed E-state index contributed by atoms with van der Waals surface area (Å²) in [7, 11) is -3.39. The van der Waals surface area contributed by atoms with E-state index < -0.39 is 10.0 Å². The number of carbonyl (C=O) groups is 1. The number of nitrogens with zero attached hydrogens (tertiary/aromatic N) is 3. The van der Waals surface area contributed by atoms with E-state index in [9.17, 15) is 13.2 Å². The molecule has 26 heavy (non-hydrogen) atoms. The Hall–Kier alpha value is -2.33. The van der Waals surface area contributed by atoms with Crippen molar-refractivity contribution in [1.82, 2.24) is 10.5 Å². The summed E-state index contributed by atoms with van der Waals surface area (Å²) in [6.07, 6.45) is 0. The maximum atomic E-state index is 12.5. The first kappa shape index (κ1) is 17.1. The average Bonchev–Trinajstić information content (AvgIpc) is 3.10. The number of nitrogens with one attached hydrogen (secondary N) is 1. The molecule has 2 aromatic rings. The SMILES string of the molecule is Cc1noc(C)c1CNC(=O)c1ccc2c(c1)SC1=NS(=O)(=O)CCN12. The zero-order chi connectivity index (χ0) is 18.5. The number of anilines is 1. The van der Waals surface area contributed by atoms with Crippen LogP contribution in [-0.2, 0) is 16.6 Å². The van der Waals surface area contributed by atoms with E-state index >= 15 is 0 Å². The highest BCUT2D eigenvalue weighted by Gasteiger charge is 2.33. The number of aryl methyl sites for hydroxylation is 2. The smallest absolute Gasteiger partial charge is 0.257 e. The van der Waals surface area contributed by atoms with E-state index in [1.165, 1.54) is 11.8 Å². The van der Waals surface area contributed by atoms with Crippen molar-refractivity contribution in [2.75, 3.05) is 17.2 Å². The molecule has 0 saturated heterocycles. The van der Waals surface area contributed by atoms with E-state index in [0.29, 0.717) is 29.6 Å². The van der Waals surface area contributed by atoms with Gasteiger partial charge in [0.05, 0.1) is 17.1 Å². The number of benzene rings is 1. The topological polar surface area (TPSA) is 105 Å². The van der Waals surface area contributed by atoms with Gasteiger partial charge in [0.1, 0.15) is 5.76 Å². The monoisotopic (exact) mass is 392 g/mol. The van der Waals surface area contributed by atoms with Crippen molar-refractivity contribution in [3.05, 3.63) is 40.8 Å². The zero-order valence-electron chi connectivity index (χ0n) is 14.1. The molecule has 0 radical (unpaired) electrons. The predicted octanol–water partition coefficient (Wildman–Crippen LogP) is 1.83. The lowest BCUT2D eigenvalue weighted by molar-refractivity contribution is 0.0950. The highest BCUT2D eigenvalue weighted by atomic mass is 32.2. The molecule has 10 heteroatoms. The second kappa shape index (κ2) is 6.13. The molecule has 1 aromatic heterocycles. The molecule has 1 N–H and O–H groups in total. The third-order valence-electron chi connectivity index (χ3n) is 4.34. The molecule has 0 unspecified atom stereocenters. The Bertz CT molecular complexity index is 1020. The fourth-order valence-corrected chi connectivity index (χ4v) is 5.19. The summed E-state index contributed by atoms with van der Waals surface area (Å²) in [5, 5.41) is 7.18. The summed E-state index contributed by atoms with van der Waals surface area (Å²) in [4.78, 5) is 15.2. The molecule has 0 bridgehead atoms. The van der Waals surface area contributed by atoms with Crippen LogP contribution in [0.1, 0.15) is 27.4 Å². The van der Waals surface area contributed by atoms with E-state index in [0.717, 1.165) is 21.8 Å². The number of thioether (sulfide) groups is 1. The fraction of sp³-hybridized carbons (Fsp3) is 0.312. The van der Waals surface area contributed by atoms with Crippen molar-refractivity contribution in [3.63, 3.8) is 0 Å². The highest BCUT2D eigenvalue weighted by molar-refractivity contribution is 8.15. The molecule has 0 fully saturated rings. The van der Waals surface area contributed by atoms with Crippen LogP contribution in [0, 0.1) is 13.8 Å². The molecule has 0 spiro atoms. The zero-order valence-corrected chi connectivity index (χ0v) is 15.8. The van der Waals surface area contributed by atoms with E-state index in [4.69, 9.17) is 4.52 Å². The van der Waals surface area contributed by atoms with Gasteiger partial charge in [-0.15, -0.1) is 4.40 Å². The van der Waals surface area contributed by atoms with Crippen LogP contribution in [0.4, 0.5) is 5.69 Å². The number of fused-ring (bicyclic) bond motifs is 3. The van der Waals surface area contributed by atoms with Crippen molar-refractivity contribution < 1.29 is 17.7 Å². The second-order valence-corrected chi connectivity index (χ2v) is 8.85. The maximum Gasteiger partial charge on any atom is 0.257 e. The first-order chi connectivity index (χ1) is 12.3. The van der Waals surface area contributed by atoms with Gasteiger partial charge in [-0.25, -0.2) is 8.42 Å². The predicted molar refractivity (Wildman–Crippen MR) is 98.0 cm³/mol. The maximum absolute atomic E-state index is 12.5. The third kappa shape index (κ3) is 2.99. The molecule has 0 saturated carbocycles. The molecule has 0 atom stereocenters. The first-order valence-corrected chi connectivity index (χ1v) is 10.4. The van der Waals surface area contributed by atoms with E-state index in [2.05, 4.69) is 14.9 Å². The molecule has 0 aliphatic carbocycles. The molecule has 8 nitrogen and oxygen atoms in total. The molecule has 2 aliphatic rings. The molecule has 1 amide bonds. The van der Waals surface area contributed by atoms with Gasteiger partial charge in [-0.1, -0.05) is 5.16 Å². The van der Waals surface area contributed by atoms with Crippen molar-refractivity contribution in [2.45, 2.75) is 25.3 Å². The Morgan fingerprint density at radius 2 is 2.19 bits per heavy atom. The normalized spacial score (nSPS) is 17.5. The van der Waals surface area contributed by atoms with Gasteiger partial charge in [-0.2, -0.15) is 0 Å². The summed E-state index contributed by atoms with van der Waals surface area (Å²) in [5.41, 5.74) is 3.01. The number of rotatable bonds is 3. The molecular weight excluding hydrogens is 376 g/mol. The summed E-state index contributed by atoms with van der Waals surface area (Å²) in [6.45, 7) is 4.34. The Kier molecular flexibility index (Phi) is 4.03. The Morgan fingerprint density at radius 3 is 2.92 bits per heavy atom. The Labute approximate surface area is 154 Å². The summed E-state index contributed by atoms with van der Waals surface area (Å²) in [5.74, 6) is 0.465. The number of amides is 1. The standard InChI is InChI=1S/C16H16N4O4S2/c1-9-12(10(2)24-18-9)8-17-15(21)11-3-4-13-14(7-11)25-16-19-26(22,23)6-5-20(13)16/h3-4,7H,5-6,8H2,1-2H3,(H,17,21). The van der Waals surface area contributed by atoms with Crippen molar-refractivity contribution in [3.8, 4) is 0 Å². The number of carbonyl (C=O) groups excluding carboxylic acids is 1. The molecule has 3 heterocycles. The lowest BCUT2D eigenvalue weighted by Gasteiger charge is -2.22. The van der Waals surface area contributed by atoms with Crippen LogP contribution in [0.2, 0.25) is 0 Å². The third-order valence-corrected chi connectivity index (χ3v) is 6.65. The number of amidine groups is 1. The van der Waals surface area contributed by atoms with Gasteiger partial charge in [0.2, 0.25) is 0 Å². The Balaban J connectivity index is 1.53. The number of hydrogen-bond acceptors (Lipinski definition) is 7. The minimum Gasteiger partial charge on any atom is -0.361 e. The number of hydrogen-bond donors (Lipinski definition) is 1. The largest absolute Gasteiger partial charge is 0.361 e. The lowest BCUT2D eigenvalue weighted by atomic mass is 10.1. The molecule has 136 valence electrons. The Morgan fingerprint density at radius 1 is 1.38 bits per heavy atom. The van der Waals surface area contributed by atoms with Crippen LogP contribution in [0.25, 0.3) is 0 Å². The summed E-state index contributed by atoms with van der Waals surface area (Å²) >= 11 is 1.27. The minimum atomic E-state index is -3.39. The summed E-state index contributed by atoms with van der Waals surface area (Å²) in [6, 6.07) is 5.32. The molecule has 2 aliphatic heterocycles. The number of aromatic nitrogens is 1. The van der Waals surface area contributed by atoms with E-state index in [-0.39, 0.29) is 11.7 Å². The first-order valence-electron chi connectivity index (χ1n) is 7.96. The minimum absolute atomic E-state index is 0.00379. The quantitative estimate of drug-likeness (QED) is 0.849. The second-order valence-electron chi connectivity index (χ2n) is 6.08. The summed E-state index contributed by atoms with van der Waals surface area (Å²) < 4.78 is 32.2. The average molecular weight is 392 g/mol. The van der Waals surface area contributed by atoms with Gasteiger partial charge >= 0.3 is 0 Å². The van der Waals surface area contributed by atoms with Gasteiger partial charge in [0.15, 0.2) is 5.17 Å². The van der Waals surface area contributed by atoms with Crippen LogP contribution in [0.3, 0.4) is 0 Å². The van der Waals surface area contributed by atoms with Crippen molar-refractivity contribution in [1.29, 1.82) is 0 Å². The van der Waals surface area contributed by atoms with Crippen LogP contribution in [-0.4, -0.2) is 36.9 Å². The molecular formula is C16H16N4O4S2. The molecule has 4 rings (SSSR count). The van der Waals surface area contributed by atoms with Gasteiger partial charge in [-0.3, -0.25) is 4.79 Å². The van der Waals surface area contributed by atoms with Crippen LogP contribution < -0.4 is 10.2 Å². The van der Waals surface area contributed by atoms with Gasteiger partial charge in [0, 0.05) is 29.1 Å². The van der Waals surface area contributed by atoms with Crippen LogP contribution in [0.5, 0.6) is 0 Å². The fourth-order valence-electron chi connectivity index (χ4n) is 2.90. The number of sulfonamides is 1. The van der Waals surface area contributed by atoms with Gasteiger partial charge in [0.25, 0.3) is 15.9 Å². The van der Waals surface area contributed by atoms with E-state index in [1.807, 2.05) is 17.9 Å². The van der Waals surface area contributed by atoms with E-state index in [1.54, 1.807) is 19.1 Å². The van der Waals surface area contributed by atoms with Crippen molar-refractivity contribution >= 4 is 38.5 Å². The van der Waals surface area contributed by atoms with Gasteiger partial charge in [-0.05, 0) is 43.8 Å². The molecule has 1 aromatic carbocycles. The van der Waals surface area contributed by atoms with Gasteiger partial charge < -0.3 is 14.7 Å². The lowest BCUT2D eigenvalue weighted by Crippen LogP contribution is -2.35.